The van der Waals surface area contributed by atoms with E-state index in [4.69, 9.17) is 16.3 Å². The monoisotopic (exact) mass is 346 g/mol. The second-order valence-electron chi connectivity index (χ2n) is 5.59. The number of aliphatic hydroxyl groups excluding tert-OH is 1. The van der Waals surface area contributed by atoms with E-state index >= 15 is 0 Å². The van der Waals surface area contributed by atoms with Crippen LogP contribution in [-0.4, -0.2) is 10.9 Å². The largest absolute Gasteiger partial charge is 0.512 e. The number of aliphatic hydroxyl groups is 1. The van der Waals surface area contributed by atoms with Crippen molar-refractivity contribution >= 4 is 23.0 Å². The molecule has 0 heterocycles. The standard InChI is InChI=1S/C19H16ClFO3/c1-2-11-3-5-13(24-18-8-4-12(20)9-15(18)21)10-14(11)19-16(22)6-7-17(19)23/h3-5,8-10,22H,2,6-7H2,1H3. The Balaban J connectivity index is 2.01. The number of rotatable bonds is 4. The first kappa shape index (κ1) is 16.5. The number of carbonyl (C=O) groups is 1. The lowest BCUT2D eigenvalue weighted by Gasteiger charge is -2.13. The number of ketones is 1. The summed E-state index contributed by atoms with van der Waals surface area (Å²) in [5.41, 5.74) is 1.91. The fourth-order valence-corrected chi connectivity index (χ4v) is 2.95. The average Bonchev–Trinajstić information content (AvgIpc) is 2.89. The van der Waals surface area contributed by atoms with Crippen LogP contribution in [0.15, 0.2) is 42.2 Å². The number of allylic oxidation sites excluding steroid dienone is 2. The van der Waals surface area contributed by atoms with Crippen LogP contribution in [0.4, 0.5) is 4.39 Å². The minimum absolute atomic E-state index is 0.0468. The number of hydrogen-bond acceptors (Lipinski definition) is 3. The van der Waals surface area contributed by atoms with Crippen molar-refractivity contribution in [2.45, 2.75) is 26.2 Å². The highest BCUT2D eigenvalue weighted by Crippen LogP contribution is 2.35. The van der Waals surface area contributed by atoms with Crippen LogP contribution in [0.5, 0.6) is 11.5 Å². The van der Waals surface area contributed by atoms with E-state index < -0.39 is 5.82 Å². The lowest BCUT2D eigenvalue weighted by atomic mass is 9.96. The third-order valence-electron chi connectivity index (χ3n) is 4.01. The van der Waals surface area contributed by atoms with Crippen molar-refractivity contribution in [3.8, 4) is 11.5 Å². The predicted molar refractivity (Wildman–Crippen MR) is 91.1 cm³/mol. The normalized spacial score (nSPS) is 14.4. The highest BCUT2D eigenvalue weighted by molar-refractivity contribution is 6.30. The van der Waals surface area contributed by atoms with E-state index in [9.17, 15) is 14.3 Å². The van der Waals surface area contributed by atoms with Crippen molar-refractivity contribution in [2.75, 3.05) is 0 Å². The molecule has 2 aromatic rings. The van der Waals surface area contributed by atoms with Crippen LogP contribution >= 0.6 is 11.6 Å². The predicted octanol–water partition coefficient (Wildman–Crippen LogP) is 5.47. The third-order valence-corrected chi connectivity index (χ3v) is 4.24. The van der Waals surface area contributed by atoms with Crippen molar-refractivity contribution in [1.29, 1.82) is 0 Å². The molecule has 0 aromatic heterocycles. The summed E-state index contributed by atoms with van der Waals surface area (Å²) >= 11 is 5.74. The van der Waals surface area contributed by atoms with Gasteiger partial charge in [0.15, 0.2) is 17.3 Å². The Hall–Kier alpha value is -2.33. The van der Waals surface area contributed by atoms with Crippen molar-refractivity contribution in [2.24, 2.45) is 0 Å². The molecule has 1 aliphatic rings. The van der Waals surface area contributed by atoms with Crippen LogP contribution in [0.2, 0.25) is 5.02 Å². The van der Waals surface area contributed by atoms with Crippen LogP contribution in [-0.2, 0) is 11.2 Å². The second kappa shape index (κ2) is 6.65. The van der Waals surface area contributed by atoms with Gasteiger partial charge in [0.2, 0.25) is 0 Å². The van der Waals surface area contributed by atoms with E-state index in [2.05, 4.69) is 0 Å². The van der Waals surface area contributed by atoms with E-state index in [-0.39, 0.29) is 22.3 Å². The maximum Gasteiger partial charge on any atom is 0.167 e. The summed E-state index contributed by atoms with van der Waals surface area (Å²) in [6.45, 7) is 1.97. The quantitative estimate of drug-likeness (QED) is 0.798. The molecule has 0 saturated carbocycles. The summed E-state index contributed by atoms with van der Waals surface area (Å²) in [6, 6.07) is 9.37. The molecule has 3 nitrogen and oxygen atoms in total. The van der Waals surface area contributed by atoms with E-state index in [0.717, 1.165) is 5.56 Å². The molecule has 1 aliphatic carbocycles. The average molecular weight is 347 g/mol. The van der Waals surface area contributed by atoms with E-state index in [1.165, 1.54) is 18.2 Å². The molecule has 1 N–H and O–H groups in total. The fraction of sp³-hybridized carbons (Fsp3) is 0.211. The van der Waals surface area contributed by atoms with Gasteiger partial charge < -0.3 is 9.84 Å². The SMILES string of the molecule is CCc1ccc(Oc2ccc(Cl)cc2F)cc1C1=C(O)CCC1=O. The minimum atomic E-state index is -0.567. The van der Waals surface area contributed by atoms with E-state index in [1.807, 2.05) is 13.0 Å². The minimum Gasteiger partial charge on any atom is -0.512 e. The lowest BCUT2D eigenvalue weighted by molar-refractivity contribution is -0.113. The first-order valence-corrected chi connectivity index (χ1v) is 8.09. The van der Waals surface area contributed by atoms with Gasteiger partial charge in [0.1, 0.15) is 11.5 Å². The Morgan fingerprint density at radius 3 is 2.62 bits per heavy atom. The number of ether oxygens (including phenoxy) is 1. The van der Waals surface area contributed by atoms with Crippen LogP contribution in [0, 0.1) is 5.82 Å². The van der Waals surface area contributed by atoms with Crippen molar-refractivity contribution in [1.82, 2.24) is 0 Å². The van der Waals surface area contributed by atoms with E-state index in [0.29, 0.717) is 36.1 Å². The molecule has 0 bridgehead atoms. The Bertz CT molecular complexity index is 843. The molecule has 0 aliphatic heterocycles. The summed E-state index contributed by atoms with van der Waals surface area (Å²) < 4.78 is 19.5. The Kier molecular flexibility index (Phi) is 4.58. The molecular formula is C19H16ClFO3. The third kappa shape index (κ3) is 3.15. The van der Waals surface area contributed by atoms with E-state index in [1.54, 1.807) is 12.1 Å². The molecule has 0 spiro atoms. The molecule has 3 rings (SSSR count). The van der Waals surface area contributed by atoms with Gasteiger partial charge in [-0.05, 0) is 47.9 Å². The smallest absolute Gasteiger partial charge is 0.167 e. The molecule has 0 unspecified atom stereocenters. The van der Waals surface area contributed by atoms with Gasteiger partial charge in [0.25, 0.3) is 0 Å². The van der Waals surface area contributed by atoms with Gasteiger partial charge >= 0.3 is 0 Å². The van der Waals surface area contributed by atoms with Crippen LogP contribution < -0.4 is 4.74 Å². The number of aryl methyl sites for hydroxylation is 1. The molecule has 2 aromatic carbocycles. The molecule has 24 heavy (non-hydrogen) atoms. The first-order chi connectivity index (χ1) is 11.5. The fourth-order valence-electron chi connectivity index (χ4n) is 2.79. The van der Waals surface area contributed by atoms with Crippen molar-refractivity contribution in [3.05, 3.63) is 64.1 Å². The van der Waals surface area contributed by atoms with Gasteiger partial charge in [-0.3, -0.25) is 4.79 Å². The van der Waals surface area contributed by atoms with Crippen molar-refractivity contribution < 1.29 is 19.0 Å². The van der Waals surface area contributed by atoms with Gasteiger partial charge in [0.05, 0.1) is 5.57 Å². The highest BCUT2D eigenvalue weighted by Gasteiger charge is 2.26. The number of hydrogen-bond donors (Lipinski definition) is 1. The maximum absolute atomic E-state index is 13.9. The maximum atomic E-state index is 13.9. The Labute approximate surface area is 144 Å². The molecule has 0 saturated heterocycles. The van der Waals surface area contributed by atoms with Crippen LogP contribution in [0.1, 0.15) is 30.9 Å². The summed E-state index contributed by atoms with van der Waals surface area (Å²) in [5, 5.41) is 10.3. The molecule has 0 atom stereocenters. The van der Waals surface area contributed by atoms with Crippen molar-refractivity contribution in [3.63, 3.8) is 0 Å². The van der Waals surface area contributed by atoms with Gasteiger partial charge in [0, 0.05) is 17.9 Å². The summed E-state index contributed by atoms with van der Waals surface area (Å²) in [6.07, 6.45) is 1.37. The molecular weight excluding hydrogens is 331 g/mol. The number of carbonyl (C=O) groups excluding carboxylic acids is 1. The molecule has 0 amide bonds. The molecule has 0 radical (unpaired) electrons. The Morgan fingerprint density at radius 2 is 2.00 bits per heavy atom. The first-order valence-electron chi connectivity index (χ1n) is 7.71. The topological polar surface area (TPSA) is 46.5 Å². The highest BCUT2D eigenvalue weighted by atomic mass is 35.5. The summed E-state index contributed by atoms with van der Waals surface area (Å²) in [7, 11) is 0. The molecule has 124 valence electrons. The van der Waals surface area contributed by atoms with Gasteiger partial charge in [-0.1, -0.05) is 24.6 Å². The molecule has 5 heteroatoms. The zero-order chi connectivity index (χ0) is 17.3. The van der Waals surface area contributed by atoms with Crippen LogP contribution in [0.3, 0.4) is 0 Å². The van der Waals surface area contributed by atoms with Gasteiger partial charge in [-0.2, -0.15) is 0 Å². The van der Waals surface area contributed by atoms with Gasteiger partial charge in [-0.15, -0.1) is 0 Å². The zero-order valence-electron chi connectivity index (χ0n) is 13.1. The summed E-state index contributed by atoms with van der Waals surface area (Å²) in [5.74, 6) is -0.113. The number of halogens is 2. The zero-order valence-corrected chi connectivity index (χ0v) is 13.9. The second-order valence-corrected chi connectivity index (χ2v) is 6.03. The lowest BCUT2D eigenvalue weighted by Crippen LogP contribution is -2.01. The van der Waals surface area contributed by atoms with Gasteiger partial charge in [-0.25, -0.2) is 4.39 Å². The number of Topliss-reactive ketones (excluding diaryl/α,β-unsaturated/α-hetero) is 1. The Morgan fingerprint density at radius 1 is 1.21 bits per heavy atom. The molecule has 0 fully saturated rings. The summed E-state index contributed by atoms with van der Waals surface area (Å²) in [4.78, 5) is 12.1. The number of benzene rings is 2. The van der Waals surface area contributed by atoms with Crippen LogP contribution in [0.25, 0.3) is 5.57 Å².